The molecule has 0 bridgehead atoms. The van der Waals surface area contributed by atoms with E-state index in [2.05, 4.69) is 20.4 Å². The van der Waals surface area contributed by atoms with Crippen molar-refractivity contribution >= 4 is 5.78 Å². The first-order chi connectivity index (χ1) is 5.49. The number of carbonyl (C=O) groups is 1. The van der Waals surface area contributed by atoms with E-state index in [1.54, 1.807) is 0 Å². The van der Waals surface area contributed by atoms with E-state index in [-0.39, 0.29) is 5.92 Å². The van der Waals surface area contributed by atoms with Crippen LogP contribution in [-0.2, 0) is 4.79 Å². The predicted molar refractivity (Wildman–Crippen MR) is 53.1 cm³/mol. The first-order valence-corrected chi connectivity index (χ1v) is 4.68. The van der Waals surface area contributed by atoms with E-state index in [0.717, 1.165) is 12.0 Å². The van der Waals surface area contributed by atoms with Crippen LogP contribution in [0.15, 0.2) is 12.2 Å². The number of Topliss-reactive ketones (excluding diaryl/α,β-unsaturated/α-hetero) is 1. The summed E-state index contributed by atoms with van der Waals surface area (Å²) in [5, 5.41) is 0. The van der Waals surface area contributed by atoms with Crippen molar-refractivity contribution in [1.29, 1.82) is 0 Å². The largest absolute Gasteiger partial charge is 0.299 e. The van der Waals surface area contributed by atoms with Crippen molar-refractivity contribution in [2.45, 2.75) is 40.5 Å². The molecule has 0 saturated heterocycles. The van der Waals surface area contributed by atoms with Gasteiger partial charge in [-0.05, 0) is 12.3 Å². The zero-order valence-corrected chi connectivity index (χ0v) is 8.68. The maximum Gasteiger partial charge on any atom is 0.139 e. The molecule has 0 radical (unpaired) electrons. The van der Waals surface area contributed by atoms with Crippen molar-refractivity contribution in [1.82, 2.24) is 0 Å². The van der Waals surface area contributed by atoms with Gasteiger partial charge in [0.15, 0.2) is 0 Å². The fourth-order valence-corrected chi connectivity index (χ4v) is 0.904. The van der Waals surface area contributed by atoms with Gasteiger partial charge in [-0.1, -0.05) is 39.8 Å². The molecule has 0 amide bonds. The van der Waals surface area contributed by atoms with Crippen LogP contribution in [0.2, 0.25) is 0 Å². The molecular formula is C11H20O. The molecule has 1 nitrogen and oxygen atoms in total. The highest BCUT2D eigenvalue weighted by Crippen LogP contribution is 2.16. The van der Waals surface area contributed by atoms with Crippen LogP contribution in [0.3, 0.4) is 0 Å². The molecule has 0 aliphatic carbocycles. The van der Waals surface area contributed by atoms with E-state index >= 15 is 0 Å². The standard InChI is InChI=1S/C11H20O/c1-6-9(4)7-11(12)10(5)8(2)3/h8,10H,4,6-7H2,1-3,5H3. The lowest BCUT2D eigenvalue weighted by Crippen LogP contribution is -2.16. The summed E-state index contributed by atoms with van der Waals surface area (Å²) in [6.45, 7) is 12.0. The van der Waals surface area contributed by atoms with E-state index in [9.17, 15) is 4.79 Å². The Morgan fingerprint density at radius 2 is 1.83 bits per heavy atom. The second kappa shape index (κ2) is 5.13. The molecule has 0 aromatic rings. The van der Waals surface area contributed by atoms with Gasteiger partial charge >= 0.3 is 0 Å². The van der Waals surface area contributed by atoms with Gasteiger partial charge in [-0.2, -0.15) is 0 Å². The maximum absolute atomic E-state index is 11.5. The van der Waals surface area contributed by atoms with Gasteiger partial charge in [-0.15, -0.1) is 0 Å². The molecule has 1 atom stereocenters. The molecule has 0 aromatic heterocycles. The first kappa shape index (κ1) is 11.4. The summed E-state index contributed by atoms with van der Waals surface area (Å²) in [5.74, 6) is 0.951. The van der Waals surface area contributed by atoms with Crippen LogP contribution in [0.1, 0.15) is 40.5 Å². The molecule has 0 aromatic carbocycles. The average Bonchev–Trinajstić information content (AvgIpc) is 2.02. The summed E-state index contributed by atoms with van der Waals surface area (Å²) < 4.78 is 0. The van der Waals surface area contributed by atoms with Crippen molar-refractivity contribution in [3.63, 3.8) is 0 Å². The Morgan fingerprint density at radius 3 is 2.17 bits per heavy atom. The second-order valence-corrected chi connectivity index (χ2v) is 3.78. The van der Waals surface area contributed by atoms with E-state index in [1.165, 1.54) is 0 Å². The van der Waals surface area contributed by atoms with Gasteiger partial charge < -0.3 is 0 Å². The smallest absolute Gasteiger partial charge is 0.139 e. The predicted octanol–water partition coefficient (Wildman–Crippen LogP) is 3.20. The average molecular weight is 168 g/mol. The summed E-state index contributed by atoms with van der Waals surface area (Å²) in [5.41, 5.74) is 1.05. The van der Waals surface area contributed by atoms with Gasteiger partial charge in [0.2, 0.25) is 0 Å². The van der Waals surface area contributed by atoms with Crippen LogP contribution < -0.4 is 0 Å². The third kappa shape index (κ3) is 3.70. The minimum atomic E-state index is 0.174. The normalized spacial score (nSPS) is 13.1. The Balaban J connectivity index is 3.96. The lowest BCUT2D eigenvalue weighted by Gasteiger charge is -2.14. The van der Waals surface area contributed by atoms with Crippen LogP contribution in [0, 0.1) is 11.8 Å². The highest BCUT2D eigenvalue weighted by atomic mass is 16.1. The summed E-state index contributed by atoms with van der Waals surface area (Å²) >= 11 is 0. The zero-order chi connectivity index (χ0) is 9.72. The second-order valence-electron chi connectivity index (χ2n) is 3.78. The molecule has 1 unspecified atom stereocenters. The van der Waals surface area contributed by atoms with E-state index < -0.39 is 0 Å². The van der Waals surface area contributed by atoms with Gasteiger partial charge in [-0.25, -0.2) is 0 Å². The molecule has 0 spiro atoms. The summed E-state index contributed by atoms with van der Waals surface area (Å²) in [4.78, 5) is 11.5. The summed E-state index contributed by atoms with van der Waals surface area (Å²) in [6, 6.07) is 0. The summed E-state index contributed by atoms with van der Waals surface area (Å²) in [7, 11) is 0. The molecule has 1 heteroatoms. The van der Waals surface area contributed by atoms with E-state index in [4.69, 9.17) is 0 Å². The Bertz CT molecular complexity index is 168. The highest BCUT2D eigenvalue weighted by Gasteiger charge is 2.16. The van der Waals surface area contributed by atoms with Crippen molar-refractivity contribution < 1.29 is 4.79 Å². The lowest BCUT2D eigenvalue weighted by atomic mass is 9.90. The fourth-order valence-electron chi connectivity index (χ4n) is 0.904. The lowest BCUT2D eigenvalue weighted by molar-refractivity contribution is -0.122. The van der Waals surface area contributed by atoms with Crippen molar-refractivity contribution in [3.8, 4) is 0 Å². The van der Waals surface area contributed by atoms with Crippen LogP contribution >= 0.6 is 0 Å². The molecule has 0 saturated carbocycles. The van der Waals surface area contributed by atoms with Crippen LogP contribution in [0.5, 0.6) is 0 Å². The van der Waals surface area contributed by atoms with E-state index in [1.807, 2.05) is 13.8 Å². The number of carbonyl (C=O) groups excluding carboxylic acids is 1. The monoisotopic (exact) mass is 168 g/mol. The molecule has 12 heavy (non-hydrogen) atoms. The van der Waals surface area contributed by atoms with E-state index in [0.29, 0.717) is 18.1 Å². The minimum Gasteiger partial charge on any atom is -0.299 e. The SMILES string of the molecule is C=C(CC)CC(=O)C(C)C(C)C. The summed E-state index contributed by atoms with van der Waals surface area (Å²) in [6.07, 6.45) is 1.48. The molecule has 0 heterocycles. The Morgan fingerprint density at radius 1 is 1.33 bits per heavy atom. The molecular weight excluding hydrogens is 148 g/mol. The van der Waals surface area contributed by atoms with Gasteiger partial charge in [0.05, 0.1) is 0 Å². The van der Waals surface area contributed by atoms with Crippen molar-refractivity contribution in [2.75, 3.05) is 0 Å². The topological polar surface area (TPSA) is 17.1 Å². The van der Waals surface area contributed by atoms with Gasteiger partial charge in [0, 0.05) is 12.3 Å². The van der Waals surface area contributed by atoms with Crippen molar-refractivity contribution in [2.24, 2.45) is 11.8 Å². The third-order valence-electron chi connectivity index (χ3n) is 2.43. The third-order valence-corrected chi connectivity index (χ3v) is 2.43. The van der Waals surface area contributed by atoms with Crippen LogP contribution in [-0.4, -0.2) is 5.78 Å². The number of hydrogen-bond acceptors (Lipinski definition) is 1. The number of ketones is 1. The Hall–Kier alpha value is -0.590. The van der Waals surface area contributed by atoms with Gasteiger partial charge in [0.25, 0.3) is 0 Å². The molecule has 0 N–H and O–H groups in total. The Kier molecular flexibility index (Phi) is 4.87. The molecule has 0 fully saturated rings. The number of hydrogen-bond donors (Lipinski definition) is 0. The number of allylic oxidation sites excluding steroid dienone is 1. The zero-order valence-electron chi connectivity index (χ0n) is 8.68. The molecule has 0 aliphatic heterocycles. The molecule has 0 aliphatic rings. The highest BCUT2D eigenvalue weighted by molar-refractivity contribution is 5.82. The van der Waals surface area contributed by atoms with Crippen LogP contribution in [0.4, 0.5) is 0 Å². The number of rotatable bonds is 5. The molecule has 0 rings (SSSR count). The molecule has 70 valence electrons. The Labute approximate surface area is 75.9 Å². The fraction of sp³-hybridized carbons (Fsp3) is 0.727. The minimum absolute atomic E-state index is 0.174. The van der Waals surface area contributed by atoms with Gasteiger partial charge in [0.1, 0.15) is 5.78 Å². The van der Waals surface area contributed by atoms with Gasteiger partial charge in [-0.3, -0.25) is 4.79 Å². The first-order valence-electron chi connectivity index (χ1n) is 4.68. The van der Waals surface area contributed by atoms with Crippen LogP contribution in [0.25, 0.3) is 0 Å². The maximum atomic E-state index is 11.5. The quantitative estimate of drug-likeness (QED) is 0.576. The van der Waals surface area contributed by atoms with Crippen molar-refractivity contribution in [3.05, 3.63) is 12.2 Å².